The molecule has 2 aliphatic rings. The van der Waals surface area contributed by atoms with E-state index in [-0.39, 0.29) is 25.2 Å². The van der Waals surface area contributed by atoms with Gasteiger partial charge in [-0.2, -0.15) is 0 Å². The lowest BCUT2D eigenvalue weighted by Crippen LogP contribution is -2.35. The van der Waals surface area contributed by atoms with Crippen molar-refractivity contribution in [1.82, 2.24) is 10.2 Å². The number of hydrogen-bond donors (Lipinski definition) is 1. The highest BCUT2D eigenvalue weighted by Crippen LogP contribution is 2.46. The van der Waals surface area contributed by atoms with E-state index in [1.807, 2.05) is 19.9 Å². The van der Waals surface area contributed by atoms with Crippen molar-refractivity contribution in [1.29, 1.82) is 0 Å². The summed E-state index contributed by atoms with van der Waals surface area (Å²) in [5.41, 5.74) is 1.32. The van der Waals surface area contributed by atoms with Gasteiger partial charge in [0.1, 0.15) is 0 Å². The average molecular weight is 334 g/mol. The molecule has 2 heterocycles. The maximum Gasteiger partial charge on any atom is 0.257 e. The van der Waals surface area contributed by atoms with E-state index >= 15 is 0 Å². The molecule has 0 fully saturated rings. The van der Waals surface area contributed by atoms with Gasteiger partial charge in [-0.05, 0) is 24.0 Å². The molecular formula is C17H22N2O5. The lowest BCUT2D eigenvalue weighted by molar-refractivity contribution is -0.123. The van der Waals surface area contributed by atoms with Crippen molar-refractivity contribution in [2.45, 2.75) is 20.3 Å². The SMILES string of the molecule is CC(C)CNC(=O)COc1c2c(cc3c1C(=O)N(C)CC3)OCO2. The standard InChI is InChI=1S/C17H22N2O5/c1-10(2)7-18-13(20)8-22-16-14-11(4-5-19(3)17(14)21)6-12-15(16)24-9-23-12/h6,10H,4-5,7-9H2,1-3H3,(H,18,20). The number of rotatable bonds is 5. The second-order valence-corrected chi connectivity index (χ2v) is 6.44. The third-order valence-electron chi connectivity index (χ3n) is 4.03. The summed E-state index contributed by atoms with van der Waals surface area (Å²) in [6.45, 7) is 5.16. The van der Waals surface area contributed by atoms with Gasteiger partial charge < -0.3 is 24.4 Å². The Kier molecular flexibility index (Phi) is 4.51. The molecule has 0 saturated carbocycles. The second-order valence-electron chi connectivity index (χ2n) is 6.44. The van der Waals surface area contributed by atoms with Gasteiger partial charge in [0, 0.05) is 20.1 Å². The van der Waals surface area contributed by atoms with E-state index in [0.717, 1.165) is 5.56 Å². The molecule has 1 N–H and O–H groups in total. The Labute approximate surface area is 140 Å². The monoisotopic (exact) mass is 334 g/mol. The van der Waals surface area contributed by atoms with Crippen LogP contribution in [-0.2, 0) is 11.2 Å². The number of nitrogens with zero attached hydrogens (tertiary/aromatic N) is 1. The molecule has 3 rings (SSSR count). The minimum atomic E-state index is -0.231. The van der Waals surface area contributed by atoms with E-state index in [2.05, 4.69) is 5.32 Å². The van der Waals surface area contributed by atoms with Crippen molar-refractivity contribution in [3.05, 3.63) is 17.2 Å². The van der Waals surface area contributed by atoms with Gasteiger partial charge in [0.15, 0.2) is 18.1 Å². The zero-order valence-corrected chi connectivity index (χ0v) is 14.2. The van der Waals surface area contributed by atoms with Crippen LogP contribution in [-0.4, -0.2) is 50.3 Å². The van der Waals surface area contributed by atoms with Gasteiger partial charge in [-0.3, -0.25) is 9.59 Å². The van der Waals surface area contributed by atoms with Gasteiger partial charge in [-0.1, -0.05) is 13.8 Å². The molecule has 0 aromatic heterocycles. The Balaban J connectivity index is 1.85. The first kappa shape index (κ1) is 16.4. The maximum atomic E-state index is 12.5. The zero-order valence-electron chi connectivity index (χ0n) is 14.2. The van der Waals surface area contributed by atoms with Crippen LogP contribution in [0.25, 0.3) is 0 Å². The largest absolute Gasteiger partial charge is 0.479 e. The molecular weight excluding hydrogens is 312 g/mol. The number of amides is 2. The van der Waals surface area contributed by atoms with Crippen LogP contribution in [0.3, 0.4) is 0 Å². The summed E-state index contributed by atoms with van der Waals surface area (Å²) < 4.78 is 16.6. The van der Waals surface area contributed by atoms with Gasteiger partial charge in [-0.15, -0.1) is 0 Å². The molecule has 0 saturated heterocycles. The van der Waals surface area contributed by atoms with E-state index in [0.29, 0.717) is 48.2 Å². The van der Waals surface area contributed by atoms with E-state index < -0.39 is 0 Å². The fourth-order valence-corrected chi connectivity index (χ4v) is 2.72. The van der Waals surface area contributed by atoms with Gasteiger partial charge in [0.2, 0.25) is 12.5 Å². The number of carbonyl (C=O) groups excluding carboxylic acids is 2. The van der Waals surface area contributed by atoms with Crippen LogP contribution in [0, 0.1) is 5.92 Å². The lowest BCUT2D eigenvalue weighted by Gasteiger charge is -2.27. The average Bonchev–Trinajstić information content (AvgIpc) is 3.01. The highest BCUT2D eigenvalue weighted by Gasteiger charge is 2.33. The normalized spacial score (nSPS) is 15.5. The van der Waals surface area contributed by atoms with Gasteiger partial charge >= 0.3 is 0 Å². The van der Waals surface area contributed by atoms with Gasteiger partial charge in [0.25, 0.3) is 11.8 Å². The number of ether oxygens (including phenoxy) is 3. The van der Waals surface area contributed by atoms with Crippen molar-refractivity contribution >= 4 is 11.8 Å². The molecule has 0 radical (unpaired) electrons. The summed E-state index contributed by atoms with van der Waals surface area (Å²) in [6.07, 6.45) is 0.712. The number of fused-ring (bicyclic) bond motifs is 2. The summed E-state index contributed by atoms with van der Waals surface area (Å²) in [5.74, 6) is 1.25. The number of carbonyl (C=O) groups is 2. The highest BCUT2D eigenvalue weighted by atomic mass is 16.7. The summed E-state index contributed by atoms with van der Waals surface area (Å²) in [5, 5.41) is 2.79. The minimum absolute atomic E-state index is 0.0815. The molecule has 0 atom stereocenters. The van der Waals surface area contributed by atoms with Gasteiger partial charge in [0.05, 0.1) is 5.56 Å². The van der Waals surface area contributed by atoms with Crippen LogP contribution in [0.15, 0.2) is 6.07 Å². The molecule has 24 heavy (non-hydrogen) atoms. The van der Waals surface area contributed by atoms with Crippen LogP contribution in [0.2, 0.25) is 0 Å². The van der Waals surface area contributed by atoms with E-state index in [1.54, 1.807) is 11.9 Å². The highest BCUT2D eigenvalue weighted by molar-refractivity contribution is 6.01. The number of nitrogens with one attached hydrogen (secondary N) is 1. The smallest absolute Gasteiger partial charge is 0.257 e. The molecule has 1 aromatic rings. The third-order valence-corrected chi connectivity index (χ3v) is 4.03. The van der Waals surface area contributed by atoms with Crippen molar-refractivity contribution in [2.24, 2.45) is 5.92 Å². The van der Waals surface area contributed by atoms with E-state index in [9.17, 15) is 9.59 Å². The minimum Gasteiger partial charge on any atom is -0.479 e. The molecule has 7 heteroatoms. The molecule has 0 bridgehead atoms. The molecule has 1 aromatic carbocycles. The van der Waals surface area contributed by atoms with E-state index in [1.165, 1.54) is 0 Å². The molecule has 7 nitrogen and oxygen atoms in total. The fourth-order valence-electron chi connectivity index (χ4n) is 2.72. The summed E-state index contributed by atoms with van der Waals surface area (Å²) >= 11 is 0. The van der Waals surface area contributed by atoms with Crippen molar-refractivity contribution in [3.63, 3.8) is 0 Å². The fraction of sp³-hybridized carbons (Fsp3) is 0.529. The van der Waals surface area contributed by atoms with E-state index in [4.69, 9.17) is 14.2 Å². The predicted molar refractivity (Wildman–Crippen MR) is 86.6 cm³/mol. The first-order valence-electron chi connectivity index (χ1n) is 8.07. The number of likely N-dealkylation sites (N-methyl/N-ethyl adjacent to an activating group) is 1. The first-order chi connectivity index (χ1) is 11.5. The predicted octanol–water partition coefficient (Wildman–Crippen LogP) is 1.19. The quantitative estimate of drug-likeness (QED) is 0.875. The Morgan fingerprint density at radius 1 is 1.42 bits per heavy atom. The van der Waals surface area contributed by atoms with Crippen molar-refractivity contribution in [2.75, 3.05) is 33.5 Å². The molecule has 130 valence electrons. The Hall–Kier alpha value is -2.44. The first-order valence-corrected chi connectivity index (χ1v) is 8.07. The molecule has 0 aliphatic carbocycles. The number of hydrogen-bond acceptors (Lipinski definition) is 5. The number of benzene rings is 1. The molecule has 2 amide bonds. The van der Waals surface area contributed by atoms with Crippen molar-refractivity contribution in [3.8, 4) is 17.2 Å². The third kappa shape index (κ3) is 3.11. The molecule has 0 spiro atoms. The summed E-state index contributed by atoms with van der Waals surface area (Å²) in [6, 6.07) is 1.83. The Morgan fingerprint density at radius 2 is 2.21 bits per heavy atom. The zero-order chi connectivity index (χ0) is 17.3. The van der Waals surface area contributed by atoms with Crippen LogP contribution < -0.4 is 19.5 Å². The Bertz CT molecular complexity index is 671. The maximum absolute atomic E-state index is 12.5. The van der Waals surface area contributed by atoms with Crippen LogP contribution >= 0.6 is 0 Å². The van der Waals surface area contributed by atoms with Crippen LogP contribution in [0.4, 0.5) is 0 Å². The molecule has 2 aliphatic heterocycles. The summed E-state index contributed by atoms with van der Waals surface area (Å²) in [4.78, 5) is 26.1. The summed E-state index contributed by atoms with van der Waals surface area (Å²) in [7, 11) is 1.75. The Morgan fingerprint density at radius 3 is 2.96 bits per heavy atom. The lowest BCUT2D eigenvalue weighted by atomic mass is 9.97. The van der Waals surface area contributed by atoms with Crippen LogP contribution in [0.1, 0.15) is 29.8 Å². The van der Waals surface area contributed by atoms with Gasteiger partial charge in [-0.25, -0.2) is 0 Å². The molecule has 0 unspecified atom stereocenters. The topological polar surface area (TPSA) is 77.1 Å². The second kappa shape index (κ2) is 6.59. The van der Waals surface area contributed by atoms with Crippen LogP contribution in [0.5, 0.6) is 17.2 Å². The van der Waals surface area contributed by atoms with Crippen molar-refractivity contribution < 1.29 is 23.8 Å².